The van der Waals surface area contributed by atoms with E-state index in [9.17, 15) is 18.0 Å². The monoisotopic (exact) mass is 260 g/mol. The van der Waals surface area contributed by atoms with E-state index in [-0.39, 0.29) is 11.0 Å². The second kappa shape index (κ2) is 4.37. The second-order valence-corrected chi connectivity index (χ2v) is 5.47. The Morgan fingerprint density at radius 1 is 1.47 bits per heavy atom. The maximum absolute atomic E-state index is 12.8. The number of hydrogen-bond donors (Lipinski definition) is 0. The highest BCUT2D eigenvalue weighted by Gasteiger charge is 2.37. The van der Waals surface area contributed by atoms with Gasteiger partial charge in [-0.1, -0.05) is 6.07 Å². The molecule has 1 atom stereocenters. The van der Waals surface area contributed by atoms with Crippen molar-refractivity contribution in [2.45, 2.75) is 36.1 Å². The van der Waals surface area contributed by atoms with Crippen LogP contribution in [-0.2, 0) is 17.4 Å². The Hall–Kier alpha value is -0.970. The summed E-state index contributed by atoms with van der Waals surface area (Å²) in [6.07, 6.45) is -3.65. The molecule has 0 saturated heterocycles. The van der Waals surface area contributed by atoms with E-state index in [0.717, 1.165) is 6.07 Å². The predicted molar refractivity (Wildman–Crippen MR) is 60.1 cm³/mol. The third-order valence-electron chi connectivity index (χ3n) is 2.68. The Labute approximate surface area is 101 Å². The number of rotatable bonds is 2. The lowest BCUT2D eigenvalue weighted by molar-refractivity contribution is -0.138. The first-order chi connectivity index (χ1) is 7.88. The summed E-state index contributed by atoms with van der Waals surface area (Å²) >= 11 is 1.37. The summed E-state index contributed by atoms with van der Waals surface area (Å²) in [5.74, 6) is 0.0175. The van der Waals surface area contributed by atoms with Crippen LogP contribution in [0.5, 0.6) is 0 Å². The van der Waals surface area contributed by atoms with Crippen molar-refractivity contribution in [1.29, 1.82) is 0 Å². The Kier molecular flexibility index (Phi) is 3.21. The second-order valence-electron chi connectivity index (χ2n) is 4.13. The van der Waals surface area contributed by atoms with Crippen LogP contribution in [0.3, 0.4) is 0 Å². The fourth-order valence-electron chi connectivity index (χ4n) is 2.04. The zero-order valence-electron chi connectivity index (χ0n) is 9.17. The number of hydrogen-bond acceptors (Lipinski definition) is 2. The minimum atomic E-state index is -4.31. The molecule has 92 valence electrons. The highest BCUT2D eigenvalue weighted by atomic mass is 32.2. The van der Waals surface area contributed by atoms with Crippen molar-refractivity contribution < 1.29 is 18.0 Å². The summed E-state index contributed by atoms with van der Waals surface area (Å²) in [5, 5.41) is -0.0500. The zero-order chi connectivity index (χ0) is 12.6. The molecule has 0 saturated carbocycles. The summed E-state index contributed by atoms with van der Waals surface area (Å²) in [6.45, 7) is 1.47. The third kappa shape index (κ3) is 2.65. The van der Waals surface area contributed by atoms with Crippen molar-refractivity contribution in [3.05, 3.63) is 29.3 Å². The minimum absolute atomic E-state index is 0.0175. The maximum atomic E-state index is 12.8. The molecule has 0 fully saturated rings. The van der Waals surface area contributed by atoms with Crippen LogP contribution in [0.15, 0.2) is 23.1 Å². The van der Waals surface area contributed by atoms with Crippen molar-refractivity contribution >= 4 is 17.5 Å². The van der Waals surface area contributed by atoms with Crippen LogP contribution in [0.4, 0.5) is 13.2 Å². The van der Waals surface area contributed by atoms with Crippen LogP contribution in [0.1, 0.15) is 24.5 Å². The first-order valence-electron chi connectivity index (χ1n) is 5.23. The quantitative estimate of drug-likeness (QED) is 0.806. The SMILES string of the molecule is CC(=O)CC1Cc2c(cccc2C(F)(F)F)S1. The van der Waals surface area contributed by atoms with Crippen LogP contribution in [0.2, 0.25) is 0 Å². The summed E-state index contributed by atoms with van der Waals surface area (Å²) in [4.78, 5) is 11.7. The Bertz CT molecular complexity index is 454. The lowest BCUT2D eigenvalue weighted by Crippen LogP contribution is -2.11. The molecular formula is C12H11F3OS. The molecule has 2 rings (SSSR count). The van der Waals surface area contributed by atoms with Crippen LogP contribution < -0.4 is 0 Å². The van der Waals surface area contributed by atoms with Gasteiger partial charge >= 0.3 is 6.18 Å². The highest BCUT2D eigenvalue weighted by molar-refractivity contribution is 8.00. The molecule has 1 aliphatic heterocycles. The summed E-state index contributed by atoms with van der Waals surface area (Å²) in [6, 6.07) is 4.22. The fourth-order valence-corrected chi connectivity index (χ4v) is 3.46. The fraction of sp³-hybridized carbons (Fsp3) is 0.417. The van der Waals surface area contributed by atoms with Crippen LogP contribution in [-0.4, -0.2) is 11.0 Å². The standard InChI is InChI=1S/C12H11F3OS/c1-7(16)5-8-6-9-10(12(13,14)15)3-2-4-11(9)17-8/h2-4,8H,5-6H2,1H3. The van der Waals surface area contributed by atoms with Crippen LogP contribution in [0, 0.1) is 0 Å². The number of carbonyl (C=O) groups excluding carboxylic acids is 1. The van der Waals surface area contributed by atoms with Gasteiger partial charge in [0.25, 0.3) is 0 Å². The molecule has 0 bridgehead atoms. The number of fused-ring (bicyclic) bond motifs is 1. The lowest BCUT2D eigenvalue weighted by atomic mass is 10.0. The van der Waals surface area contributed by atoms with Crippen LogP contribution in [0.25, 0.3) is 0 Å². The number of ketones is 1. The molecule has 5 heteroatoms. The first kappa shape index (κ1) is 12.5. The van der Waals surface area contributed by atoms with Crippen molar-refractivity contribution in [2.75, 3.05) is 0 Å². The van der Waals surface area contributed by atoms with Crippen molar-refractivity contribution in [1.82, 2.24) is 0 Å². The molecule has 0 aliphatic carbocycles. The molecule has 1 heterocycles. The third-order valence-corrected chi connectivity index (χ3v) is 3.98. The molecular weight excluding hydrogens is 249 g/mol. The van der Waals surface area contributed by atoms with E-state index in [1.54, 1.807) is 6.07 Å². The normalized spacial score (nSPS) is 19.2. The highest BCUT2D eigenvalue weighted by Crippen LogP contribution is 2.44. The molecule has 1 unspecified atom stereocenters. The van der Waals surface area contributed by atoms with Gasteiger partial charge in [0.2, 0.25) is 0 Å². The topological polar surface area (TPSA) is 17.1 Å². The number of alkyl halides is 3. The summed E-state index contributed by atoms with van der Waals surface area (Å²) in [5.41, 5.74) is -0.218. The Balaban J connectivity index is 2.29. The van der Waals surface area contributed by atoms with Crippen molar-refractivity contribution in [3.63, 3.8) is 0 Å². The first-order valence-corrected chi connectivity index (χ1v) is 6.11. The molecule has 17 heavy (non-hydrogen) atoms. The van der Waals surface area contributed by atoms with Gasteiger partial charge in [0.1, 0.15) is 5.78 Å². The molecule has 0 amide bonds. The lowest BCUT2D eigenvalue weighted by Gasteiger charge is -2.11. The Morgan fingerprint density at radius 3 is 2.76 bits per heavy atom. The van der Waals surface area contributed by atoms with Gasteiger partial charge in [-0.2, -0.15) is 13.2 Å². The number of thioether (sulfide) groups is 1. The van der Waals surface area contributed by atoms with E-state index in [1.807, 2.05) is 0 Å². The van der Waals surface area contributed by atoms with Crippen molar-refractivity contribution in [3.8, 4) is 0 Å². The molecule has 0 N–H and O–H groups in total. The number of benzene rings is 1. The smallest absolute Gasteiger partial charge is 0.300 e. The maximum Gasteiger partial charge on any atom is 0.416 e. The van der Waals surface area contributed by atoms with E-state index < -0.39 is 11.7 Å². The Morgan fingerprint density at radius 2 is 2.18 bits per heavy atom. The number of carbonyl (C=O) groups is 1. The van der Waals surface area contributed by atoms with E-state index >= 15 is 0 Å². The minimum Gasteiger partial charge on any atom is -0.300 e. The summed E-state index contributed by atoms with van der Waals surface area (Å²) < 4.78 is 38.3. The van der Waals surface area contributed by atoms with E-state index in [1.165, 1.54) is 24.8 Å². The molecule has 0 aromatic heterocycles. The molecule has 1 aromatic carbocycles. The molecule has 0 spiro atoms. The van der Waals surface area contributed by atoms with E-state index in [4.69, 9.17) is 0 Å². The average Bonchev–Trinajstić information content (AvgIpc) is 2.55. The molecule has 1 aliphatic rings. The van der Waals surface area contributed by atoms with E-state index in [2.05, 4.69) is 0 Å². The molecule has 1 aromatic rings. The van der Waals surface area contributed by atoms with Gasteiger partial charge in [0.05, 0.1) is 5.56 Å². The van der Waals surface area contributed by atoms with Gasteiger partial charge in [-0.05, 0) is 31.0 Å². The summed E-state index contributed by atoms with van der Waals surface area (Å²) in [7, 11) is 0. The number of halogens is 3. The van der Waals surface area contributed by atoms with E-state index in [0.29, 0.717) is 23.3 Å². The van der Waals surface area contributed by atoms with Gasteiger partial charge in [-0.3, -0.25) is 4.79 Å². The van der Waals surface area contributed by atoms with Gasteiger partial charge in [-0.15, -0.1) is 11.8 Å². The number of Topliss-reactive ketones (excluding diaryl/α,β-unsaturated/α-hetero) is 1. The van der Waals surface area contributed by atoms with Gasteiger partial charge in [-0.25, -0.2) is 0 Å². The molecule has 0 radical (unpaired) electrons. The van der Waals surface area contributed by atoms with Gasteiger partial charge in [0, 0.05) is 16.6 Å². The average molecular weight is 260 g/mol. The van der Waals surface area contributed by atoms with Crippen LogP contribution >= 0.6 is 11.8 Å². The van der Waals surface area contributed by atoms with Gasteiger partial charge < -0.3 is 0 Å². The molecule has 1 nitrogen and oxygen atoms in total. The van der Waals surface area contributed by atoms with Gasteiger partial charge in [0.15, 0.2) is 0 Å². The van der Waals surface area contributed by atoms with Crippen molar-refractivity contribution in [2.24, 2.45) is 0 Å². The zero-order valence-corrected chi connectivity index (χ0v) is 9.99. The largest absolute Gasteiger partial charge is 0.416 e. The predicted octanol–water partition coefficient (Wildman–Crippen LogP) is 3.70.